The summed E-state index contributed by atoms with van der Waals surface area (Å²) in [5.41, 5.74) is 3.45. The van der Waals surface area contributed by atoms with Gasteiger partial charge in [0.25, 0.3) is 0 Å². The Morgan fingerprint density at radius 2 is 1.78 bits per heavy atom. The summed E-state index contributed by atoms with van der Waals surface area (Å²) in [6.07, 6.45) is 1.84. The number of ether oxygens (including phenoxy) is 2. The van der Waals surface area contributed by atoms with E-state index < -0.39 is 0 Å². The molecule has 2 rings (SSSR count). The number of benzene rings is 1. The summed E-state index contributed by atoms with van der Waals surface area (Å²) in [6.45, 7) is 7.25. The van der Waals surface area contributed by atoms with Crippen LogP contribution in [-0.2, 0) is 6.54 Å². The highest BCUT2D eigenvalue weighted by molar-refractivity contribution is 5.47. The van der Waals surface area contributed by atoms with Gasteiger partial charge in [-0.05, 0) is 48.2 Å². The average Bonchev–Trinajstić information content (AvgIpc) is 2.56. The first-order valence-corrected chi connectivity index (χ1v) is 7.92. The Bertz CT molecular complexity index is 627. The summed E-state index contributed by atoms with van der Waals surface area (Å²) in [7, 11) is 3.32. The molecule has 0 spiro atoms. The van der Waals surface area contributed by atoms with Gasteiger partial charge in [0.2, 0.25) is 0 Å². The van der Waals surface area contributed by atoms with Crippen LogP contribution in [0.3, 0.4) is 0 Å². The fourth-order valence-corrected chi connectivity index (χ4v) is 2.67. The lowest BCUT2D eigenvalue weighted by atomic mass is 9.99. The number of methoxy groups -OCH3 is 2. The van der Waals surface area contributed by atoms with Gasteiger partial charge in [0.1, 0.15) is 0 Å². The van der Waals surface area contributed by atoms with Crippen LogP contribution in [0, 0.1) is 12.8 Å². The van der Waals surface area contributed by atoms with Crippen LogP contribution in [-0.4, -0.2) is 19.2 Å². The Hall–Kier alpha value is -2.07. The number of hydrogen-bond donors (Lipinski definition) is 1. The van der Waals surface area contributed by atoms with Gasteiger partial charge >= 0.3 is 0 Å². The third-order valence-electron chi connectivity index (χ3n) is 4.03. The Balaban J connectivity index is 2.18. The molecular formula is C19H26N2O2. The minimum absolute atomic E-state index is 0.212. The van der Waals surface area contributed by atoms with Crippen molar-refractivity contribution in [2.24, 2.45) is 5.92 Å². The molecule has 1 heterocycles. The van der Waals surface area contributed by atoms with Crippen molar-refractivity contribution in [2.45, 2.75) is 33.4 Å². The SMILES string of the molecule is COc1cc(C)c(CN[C@H](c2ccccn2)C(C)C)cc1OC. The second-order valence-corrected chi connectivity index (χ2v) is 5.99. The van der Waals surface area contributed by atoms with Gasteiger partial charge in [-0.3, -0.25) is 4.98 Å². The normalized spacial score (nSPS) is 12.3. The van der Waals surface area contributed by atoms with Crippen LogP contribution in [0.2, 0.25) is 0 Å². The van der Waals surface area contributed by atoms with Gasteiger partial charge in [0.05, 0.1) is 26.0 Å². The third kappa shape index (κ3) is 4.23. The maximum Gasteiger partial charge on any atom is 0.161 e. The predicted molar refractivity (Wildman–Crippen MR) is 92.9 cm³/mol. The molecule has 0 fully saturated rings. The molecule has 0 aliphatic rings. The highest BCUT2D eigenvalue weighted by Gasteiger charge is 2.17. The molecule has 1 aromatic carbocycles. The van der Waals surface area contributed by atoms with Crippen LogP contribution in [0.1, 0.15) is 36.7 Å². The monoisotopic (exact) mass is 314 g/mol. The molecule has 0 saturated heterocycles. The minimum atomic E-state index is 0.212. The number of aromatic nitrogens is 1. The van der Waals surface area contributed by atoms with Crippen molar-refractivity contribution in [2.75, 3.05) is 14.2 Å². The molecule has 2 aromatic rings. The second-order valence-electron chi connectivity index (χ2n) is 5.99. The molecule has 1 aromatic heterocycles. The first-order chi connectivity index (χ1) is 11.1. The number of nitrogens with one attached hydrogen (secondary N) is 1. The second kappa shape index (κ2) is 7.97. The van der Waals surface area contributed by atoms with Gasteiger partial charge in [-0.25, -0.2) is 0 Å². The van der Waals surface area contributed by atoms with Crippen molar-refractivity contribution in [1.29, 1.82) is 0 Å². The first-order valence-electron chi connectivity index (χ1n) is 7.92. The lowest BCUT2D eigenvalue weighted by molar-refractivity contribution is 0.353. The number of nitrogens with zero attached hydrogens (tertiary/aromatic N) is 1. The number of aryl methyl sites for hydroxylation is 1. The van der Waals surface area contributed by atoms with Crippen molar-refractivity contribution >= 4 is 0 Å². The van der Waals surface area contributed by atoms with Gasteiger partial charge in [0.15, 0.2) is 11.5 Å². The summed E-state index contributed by atoms with van der Waals surface area (Å²) in [5, 5.41) is 3.62. The van der Waals surface area contributed by atoms with Gasteiger partial charge in [-0.2, -0.15) is 0 Å². The summed E-state index contributed by atoms with van der Waals surface area (Å²) in [5.74, 6) is 1.97. The number of hydrogen-bond acceptors (Lipinski definition) is 4. The van der Waals surface area contributed by atoms with E-state index in [2.05, 4.69) is 37.1 Å². The lowest BCUT2D eigenvalue weighted by Gasteiger charge is -2.23. The van der Waals surface area contributed by atoms with E-state index in [1.54, 1.807) is 14.2 Å². The molecule has 0 bridgehead atoms. The molecule has 124 valence electrons. The van der Waals surface area contributed by atoms with Crippen LogP contribution in [0.4, 0.5) is 0 Å². The summed E-state index contributed by atoms with van der Waals surface area (Å²) >= 11 is 0. The van der Waals surface area contributed by atoms with E-state index in [0.29, 0.717) is 5.92 Å². The van der Waals surface area contributed by atoms with Gasteiger partial charge < -0.3 is 14.8 Å². The van der Waals surface area contributed by atoms with Crippen LogP contribution < -0.4 is 14.8 Å². The average molecular weight is 314 g/mol. The minimum Gasteiger partial charge on any atom is -0.493 e. The standard InChI is InChI=1S/C19H26N2O2/c1-13(2)19(16-8-6-7-9-20-16)21-12-15-11-18(23-5)17(22-4)10-14(15)3/h6-11,13,19,21H,12H2,1-5H3/t19-/m0/s1. The van der Waals surface area contributed by atoms with Gasteiger partial charge in [-0.15, -0.1) is 0 Å². The Kier molecular flexibility index (Phi) is 5.99. The quantitative estimate of drug-likeness (QED) is 0.842. The zero-order valence-electron chi connectivity index (χ0n) is 14.6. The van der Waals surface area contributed by atoms with Crippen molar-refractivity contribution in [1.82, 2.24) is 10.3 Å². The van der Waals surface area contributed by atoms with E-state index in [1.807, 2.05) is 30.5 Å². The molecule has 0 amide bonds. The molecular weight excluding hydrogens is 288 g/mol. The van der Waals surface area contributed by atoms with Crippen LogP contribution in [0.15, 0.2) is 36.5 Å². The maximum atomic E-state index is 5.41. The maximum absolute atomic E-state index is 5.41. The Morgan fingerprint density at radius 3 is 2.35 bits per heavy atom. The van der Waals surface area contributed by atoms with E-state index in [1.165, 1.54) is 11.1 Å². The van der Waals surface area contributed by atoms with Crippen LogP contribution in [0.25, 0.3) is 0 Å². The molecule has 23 heavy (non-hydrogen) atoms. The zero-order valence-corrected chi connectivity index (χ0v) is 14.6. The van der Waals surface area contributed by atoms with Crippen LogP contribution >= 0.6 is 0 Å². The summed E-state index contributed by atoms with van der Waals surface area (Å²) in [6, 6.07) is 10.3. The van der Waals surface area contributed by atoms with Crippen molar-refractivity contribution in [3.05, 3.63) is 53.3 Å². The van der Waals surface area contributed by atoms with Crippen molar-refractivity contribution in [3.8, 4) is 11.5 Å². The van der Waals surface area contributed by atoms with E-state index in [0.717, 1.165) is 23.7 Å². The lowest BCUT2D eigenvalue weighted by Crippen LogP contribution is -2.26. The smallest absolute Gasteiger partial charge is 0.161 e. The van der Waals surface area contributed by atoms with E-state index in [4.69, 9.17) is 9.47 Å². The molecule has 0 aliphatic carbocycles. The fraction of sp³-hybridized carbons (Fsp3) is 0.421. The molecule has 4 heteroatoms. The van der Waals surface area contributed by atoms with E-state index in [-0.39, 0.29) is 6.04 Å². The largest absolute Gasteiger partial charge is 0.493 e. The molecule has 1 N–H and O–H groups in total. The van der Waals surface area contributed by atoms with Crippen molar-refractivity contribution in [3.63, 3.8) is 0 Å². The Morgan fingerprint density at radius 1 is 1.09 bits per heavy atom. The van der Waals surface area contributed by atoms with E-state index in [9.17, 15) is 0 Å². The molecule has 0 saturated carbocycles. The molecule has 0 unspecified atom stereocenters. The number of rotatable bonds is 7. The predicted octanol–water partition coefficient (Wildman–Crippen LogP) is 3.89. The molecule has 0 radical (unpaired) electrons. The number of pyridine rings is 1. The first kappa shape index (κ1) is 17.3. The fourth-order valence-electron chi connectivity index (χ4n) is 2.67. The van der Waals surface area contributed by atoms with Crippen molar-refractivity contribution < 1.29 is 9.47 Å². The molecule has 0 aliphatic heterocycles. The third-order valence-corrected chi connectivity index (χ3v) is 4.03. The summed E-state index contributed by atoms with van der Waals surface area (Å²) in [4.78, 5) is 4.49. The Labute approximate surface area is 138 Å². The summed E-state index contributed by atoms with van der Waals surface area (Å²) < 4.78 is 10.8. The van der Waals surface area contributed by atoms with E-state index >= 15 is 0 Å². The van der Waals surface area contributed by atoms with Crippen LogP contribution in [0.5, 0.6) is 11.5 Å². The molecule has 4 nitrogen and oxygen atoms in total. The topological polar surface area (TPSA) is 43.4 Å². The zero-order chi connectivity index (χ0) is 16.8. The van der Waals surface area contributed by atoms with Gasteiger partial charge in [0, 0.05) is 12.7 Å². The van der Waals surface area contributed by atoms with Gasteiger partial charge in [-0.1, -0.05) is 19.9 Å². The molecule has 1 atom stereocenters. The highest BCUT2D eigenvalue weighted by Crippen LogP contribution is 2.30. The highest BCUT2D eigenvalue weighted by atomic mass is 16.5.